The molecule has 1 saturated heterocycles. The number of carbonyl (C=O) groups is 1. The third-order valence-electron chi connectivity index (χ3n) is 5.67. The monoisotopic (exact) mass is 436 g/mol. The van der Waals surface area contributed by atoms with Crippen molar-refractivity contribution in [3.8, 4) is 16.9 Å². The number of benzene rings is 2. The molecule has 0 aliphatic carbocycles. The molecule has 1 atom stereocenters. The van der Waals surface area contributed by atoms with E-state index in [9.17, 15) is 4.79 Å². The fourth-order valence-corrected chi connectivity index (χ4v) is 4.18. The number of methoxy groups -OCH3 is 1. The maximum atomic E-state index is 13.1. The fourth-order valence-electron chi connectivity index (χ4n) is 4.05. The van der Waals surface area contributed by atoms with Crippen molar-refractivity contribution in [2.45, 2.75) is 31.7 Å². The Labute approximate surface area is 187 Å². The number of aryl methyl sites for hydroxylation is 1. The smallest absolute Gasteiger partial charge is 0.223 e. The average Bonchev–Trinajstić information content (AvgIpc) is 3.28. The first-order chi connectivity index (χ1) is 15.0. The molecule has 4 rings (SSSR count). The molecule has 0 spiro atoms. The third-order valence-corrected chi connectivity index (χ3v) is 5.92. The quantitative estimate of drug-likeness (QED) is 0.606. The van der Waals surface area contributed by atoms with Gasteiger partial charge in [-0.25, -0.2) is 9.97 Å². The van der Waals surface area contributed by atoms with Gasteiger partial charge in [0, 0.05) is 29.7 Å². The van der Waals surface area contributed by atoms with Gasteiger partial charge in [0.25, 0.3) is 0 Å². The number of hydrogen-bond acceptors (Lipinski definition) is 5. The van der Waals surface area contributed by atoms with E-state index in [0.29, 0.717) is 17.9 Å². The molecule has 3 aromatic rings. The van der Waals surface area contributed by atoms with Crippen LogP contribution in [-0.4, -0.2) is 34.4 Å². The van der Waals surface area contributed by atoms with Crippen LogP contribution in [0.15, 0.2) is 54.7 Å². The lowest BCUT2D eigenvalue weighted by Gasteiger charge is -2.26. The maximum Gasteiger partial charge on any atom is 0.223 e. The number of nitrogens with two attached hydrogens (primary N) is 1. The minimum Gasteiger partial charge on any atom is -0.497 e. The lowest BCUT2D eigenvalue weighted by Crippen LogP contribution is -2.31. The molecule has 1 aliphatic heterocycles. The highest BCUT2D eigenvalue weighted by atomic mass is 35.5. The Kier molecular flexibility index (Phi) is 6.37. The fraction of sp³-hybridized carbons (Fsp3) is 0.292. The van der Waals surface area contributed by atoms with Crippen molar-refractivity contribution in [2.24, 2.45) is 0 Å². The van der Waals surface area contributed by atoms with Crippen LogP contribution in [0.3, 0.4) is 0 Å². The van der Waals surface area contributed by atoms with Gasteiger partial charge < -0.3 is 15.4 Å². The summed E-state index contributed by atoms with van der Waals surface area (Å²) in [5.41, 5.74) is 9.66. The molecular weight excluding hydrogens is 412 g/mol. The molecule has 6 nitrogen and oxygen atoms in total. The Morgan fingerprint density at radius 1 is 1.19 bits per heavy atom. The van der Waals surface area contributed by atoms with Gasteiger partial charge in [-0.3, -0.25) is 4.79 Å². The summed E-state index contributed by atoms with van der Waals surface area (Å²) < 4.78 is 5.20. The zero-order chi connectivity index (χ0) is 21.8. The minimum atomic E-state index is -0.112. The van der Waals surface area contributed by atoms with Gasteiger partial charge in [0.15, 0.2) is 0 Å². The molecule has 2 heterocycles. The number of hydrogen-bond donors (Lipinski definition) is 1. The van der Waals surface area contributed by atoms with Gasteiger partial charge >= 0.3 is 0 Å². The number of carbonyl (C=O) groups excluding carboxylic acids is 1. The highest BCUT2D eigenvalue weighted by molar-refractivity contribution is 6.30. The van der Waals surface area contributed by atoms with E-state index < -0.39 is 0 Å². The lowest BCUT2D eigenvalue weighted by atomic mass is 9.99. The zero-order valence-electron chi connectivity index (χ0n) is 17.4. The maximum absolute atomic E-state index is 13.1. The number of halogens is 1. The van der Waals surface area contributed by atoms with E-state index in [-0.39, 0.29) is 17.9 Å². The molecule has 2 aromatic carbocycles. The van der Waals surface area contributed by atoms with Crippen LogP contribution >= 0.6 is 11.6 Å². The predicted molar refractivity (Wildman–Crippen MR) is 122 cm³/mol. The van der Waals surface area contributed by atoms with E-state index in [1.165, 1.54) is 0 Å². The van der Waals surface area contributed by atoms with Gasteiger partial charge in [0.1, 0.15) is 5.75 Å². The van der Waals surface area contributed by atoms with Crippen molar-refractivity contribution >= 4 is 23.5 Å². The minimum absolute atomic E-state index is 0.112. The second-order valence-corrected chi connectivity index (χ2v) is 8.06. The SMILES string of the molecule is COc1ccc(CCC(=O)N2CCCC2c2nc(N)ncc2-c2ccc(Cl)cc2)cc1. The lowest BCUT2D eigenvalue weighted by molar-refractivity contribution is -0.132. The van der Waals surface area contributed by atoms with Gasteiger partial charge in [-0.15, -0.1) is 0 Å². The number of ether oxygens (including phenoxy) is 1. The van der Waals surface area contributed by atoms with E-state index in [1.807, 2.05) is 53.4 Å². The van der Waals surface area contributed by atoms with E-state index in [0.717, 1.165) is 47.5 Å². The van der Waals surface area contributed by atoms with E-state index in [1.54, 1.807) is 13.3 Å². The molecule has 1 amide bonds. The van der Waals surface area contributed by atoms with Crippen molar-refractivity contribution in [3.05, 3.63) is 71.0 Å². The molecule has 160 valence electrons. The summed E-state index contributed by atoms with van der Waals surface area (Å²) in [6, 6.07) is 15.3. The first-order valence-electron chi connectivity index (χ1n) is 10.4. The molecule has 0 radical (unpaired) electrons. The van der Waals surface area contributed by atoms with Crippen LogP contribution in [0.1, 0.15) is 36.6 Å². The molecule has 2 N–H and O–H groups in total. The van der Waals surface area contributed by atoms with Crippen LogP contribution in [0.4, 0.5) is 5.95 Å². The molecule has 0 bridgehead atoms. The van der Waals surface area contributed by atoms with Gasteiger partial charge in [0.05, 0.1) is 18.8 Å². The summed E-state index contributed by atoms with van der Waals surface area (Å²) in [5, 5.41) is 0.665. The van der Waals surface area contributed by atoms with Crippen molar-refractivity contribution in [2.75, 3.05) is 19.4 Å². The summed E-state index contributed by atoms with van der Waals surface area (Å²) in [5.74, 6) is 1.15. The van der Waals surface area contributed by atoms with Crippen LogP contribution in [0.25, 0.3) is 11.1 Å². The molecule has 0 saturated carbocycles. The second-order valence-electron chi connectivity index (χ2n) is 7.63. The summed E-state index contributed by atoms with van der Waals surface area (Å²) in [6.45, 7) is 0.718. The number of amides is 1. The summed E-state index contributed by atoms with van der Waals surface area (Å²) >= 11 is 6.05. The molecule has 7 heteroatoms. The number of aromatic nitrogens is 2. The average molecular weight is 437 g/mol. The molecule has 1 aliphatic rings. The van der Waals surface area contributed by atoms with E-state index >= 15 is 0 Å². The molecule has 1 aromatic heterocycles. The Hall–Kier alpha value is -3.12. The number of likely N-dealkylation sites (tertiary alicyclic amines) is 1. The van der Waals surface area contributed by atoms with Crippen molar-refractivity contribution < 1.29 is 9.53 Å². The van der Waals surface area contributed by atoms with E-state index in [4.69, 9.17) is 22.1 Å². The molecule has 31 heavy (non-hydrogen) atoms. The highest BCUT2D eigenvalue weighted by Crippen LogP contribution is 2.37. The van der Waals surface area contributed by atoms with Gasteiger partial charge in [-0.2, -0.15) is 0 Å². The van der Waals surface area contributed by atoms with Crippen LogP contribution in [0.5, 0.6) is 5.75 Å². The first kappa shape index (κ1) is 21.1. The zero-order valence-corrected chi connectivity index (χ0v) is 18.2. The Morgan fingerprint density at radius 2 is 1.94 bits per heavy atom. The Bertz CT molecular complexity index is 1050. The molecular formula is C24H25ClN4O2. The van der Waals surface area contributed by atoms with Gasteiger partial charge in [-0.1, -0.05) is 35.9 Å². The van der Waals surface area contributed by atoms with Crippen LogP contribution in [0, 0.1) is 0 Å². The van der Waals surface area contributed by atoms with Crippen molar-refractivity contribution in [3.63, 3.8) is 0 Å². The number of nitrogens with zero attached hydrogens (tertiary/aromatic N) is 3. The number of rotatable bonds is 6. The van der Waals surface area contributed by atoms with E-state index in [2.05, 4.69) is 9.97 Å². The van der Waals surface area contributed by atoms with Crippen LogP contribution in [0.2, 0.25) is 5.02 Å². The number of nitrogen functional groups attached to an aromatic ring is 1. The van der Waals surface area contributed by atoms with Crippen molar-refractivity contribution in [1.82, 2.24) is 14.9 Å². The summed E-state index contributed by atoms with van der Waals surface area (Å²) in [7, 11) is 1.64. The predicted octanol–water partition coefficient (Wildman–Crippen LogP) is 4.68. The topological polar surface area (TPSA) is 81.3 Å². The summed E-state index contributed by atoms with van der Waals surface area (Å²) in [4.78, 5) is 23.8. The van der Waals surface area contributed by atoms with Gasteiger partial charge in [-0.05, 0) is 54.7 Å². The highest BCUT2D eigenvalue weighted by Gasteiger charge is 2.32. The standard InChI is InChI=1S/C24H25ClN4O2/c1-31-19-11-4-16(5-12-19)6-13-22(30)29-14-2-3-21(29)23-20(15-27-24(26)28-23)17-7-9-18(25)10-8-17/h4-5,7-12,15,21H,2-3,6,13-14H2,1H3,(H2,26,27,28). The second kappa shape index (κ2) is 9.35. The third kappa shape index (κ3) is 4.80. The first-order valence-corrected chi connectivity index (χ1v) is 10.7. The Balaban J connectivity index is 1.54. The van der Waals surface area contributed by atoms with Crippen molar-refractivity contribution in [1.29, 1.82) is 0 Å². The van der Waals surface area contributed by atoms with Crippen LogP contribution < -0.4 is 10.5 Å². The van der Waals surface area contributed by atoms with Crippen LogP contribution in [-0.2, 0) is 11.2 Å². The largest absolute Gasteiger partial charge is 0.497 e. The Morgan fingerprint density at radius 3 is 2.65 bits per heavy atom. The molecule has 1 fully saturated rings. The normalized spacial score (nSPS) is 15.8. The summed E-state index contributed by atoms with van der Waals surface area (Å²) in [6.07, 6.45) is 4.65. The number of anilines is 1. The van der Waals surface area contributed by atoms with Gasteiger partial charge in [0.2, 0.25) is 11.9 Å². The molecule has 1 unspecified atom stereocenters.